The summed E-state index contributed by atoms with van der Waals surface area (Å²) in [6, 6.07) is 0.635. The van der Waals surface area contributed by atoms with E-state index >= 15 is 0 Å². The predicted molar refractivity (Wildman–Crippen MR) is 242 cm³/mol. The van der Waals surface area contributed by atoms with Crippen molar-refractivity contribution in [3.63, 3.8) is 0 Å². The van der Waals surface area contributed by atoms with Crippen LogP contribution in [-0.2, 0) is 62.4 Å². The molecular weight excluding hydrogens is 1140 g/mol. The number of alkyl halides is 24. The maximum Gasteiger partial charge on any atom is 0.416 e. The Morgan fingerprint density at radius 3 is 0.988 bits per heavy atom. The second-order valence-electron chi connectivity index (χ2n) is 18.2. The van der Waals surface area contributed by atoms with Crippen LogP contribution in [0, 0.1) is 0 Å². The molecule has 0 aliphatic rings. The van der Waals surface area contributed by atoms with Gasteiger partial charge in [0.25, 0.3) is 0 Å². The van der Waals surface area contributed by atoms with Gasteiger partial charge >= 0.3 is 49.4 Å². The van der Waals surface area contributed by atoms with Crippen molar-refractivity contribution in [1.29, 1.82) is 0 Å². The molecule has 5 aromatic carbocycles. The SMILES string of the molecule is CCCCCCCCc1c[n+](CC(=O)c2ccccc2)ccn1.FC(F)(F)c1cc([B-](c2cc(C(F)(F)F)cc(C(F)(F)F)c2)(c2cc(C(F)(F)F)cc(C(F)(F)F)c2)c2cc(C(F)(F)F)cc(C(F)(F)F)c2)cc(C(F)(F)F)c1. The number of rotatable bonds is 14. The fourth-order valence-corrected chi connectivity index (χ4v) is 8.75. The zero-order chi connectivity index (χ0) is 60.2. The summed E-state index contributed by atoms with van der Waals surface area (Å²) in [5.41, 5.74) is -28.4. The minimum absolute atomic E-state index is 0.132. The standard InChI is InChI=1S/C32H12BF24.C20H27N2O/c34-25(35,36)13-1-14(26(37,38)39)6-21(5-13)33(22-7-15(27(40,41)42)2-16(8-22)28(43,44)45,23-9-17(29(46,47)48)3-18(10-23)30(49,50)51)24-11-19(31(52,53)54)4-20(12-24)32(55,56)57;1-2-3-4-5-6-10-13-19-16-22(15-14-21-19)17-20(23)18-11-8-7-9-12-18/h1-12H;7-9,11-12,14-16H,2-6,10,13,17H2,1H3/q-1;+1. The summed E-state index contributed by atoms with van der Waals surface area (Å²) in [7, 11) is 0. The van der Waals surface area contributed by atoms with Crippen LogP contribution in [0.4, 0.5) is 105 Å². The third-order valence-corrected chi connectivity index (χ3v) is 12.5. The van der Waals surface area contributed by atoms with Gasteiger partial charge < -0.3 is 0 Å². The van der Waals surface area contributed by atoms with Crippen molar-refractivity contribution in [2.75, 3.05) is 0 Å². The third-order valence-electron chi connectivity index (χ3n) is 12.5. The smallest absolute Gasteiger partial charge is 0.287 e. The van der Waals surface area contributed by atoms with Crippen molar-refractivity contribution < 1.29 is 115 Å². The molecule has 0 fully saturated rings. The highest BCUT2D eigenvalue weighted by molar-refractivity contribution is 7.20. The fraction of sp³-hybridized carbons (Fsp3) is 0.327. The van der Waals surface area contributed by atoms with Gasteiger partial charge in [-0.15, -0.1) is 0 Å². The van der Waals surface area contributed by atoms with E-state index in [0.29, 0.717) is 6.54 Å². The quantitative estimate of drug-likeness (QED) is 0.0358. The van der Waals surface area contributed by atoms with E-state index < -0.39 is 195 Å². The van der Waals surface area contributed by atoms with E-state index in [2.05, 4.69) is 11.9 Å². The second-order valence-corrected chi connectivity index (χ2v) is 18.2. The molecule has 3 nitrogen and oxygen atoms in total. The Kier molecular flexibility index (Phi) is 19.0. The topological polar surface area (TPSA) is 33.8 Å². The Labute approximate surface area is 438 Å². The number of nitrogens with zero attached hydrogens (tertiary/aromatic N) is 2. The molecule has 6 aromatic rings. The molecule has 0 aliphatic carbocycles. The lowest BCUT2D eigenvalue weighted by Gasteiger charge is -2.46. The fourth-order valence-electron chi connectivity index (χ4n) is 8.75. The average molecular weight is 1170 g/mol. The van der Waals surface area contributed by atoms with E-state index in [-0.39, 0.29) is 5.78 Å². The molecule has 0 spiro atoms. The molecule has 0 aliphatic heterocycles. The van der Waals surface area contributed by atoms with Crippen molar-refractivity contribution in [3.05, 3.63) is 177 Å². The highest BCUT2D eigenvalue weighted by Crippen LogP contribution is 2.41. The number of benzene rings is 5. The highest BCUT2D eigenvalue weighted by Gasteiger charge is 2.47. The zero-order valence-corrected chi connectivity index (χ0v) is 40.7. The molecular formula is C52H39BF24N2O. The van der Waals surface area contributed by atoms with E-state index in [9.17, 15) is 110 Å². The first-order chi connectivity index (χ1) is 36.6. The number of carbonyl (C=O) groups is 1. The number of ketones is 1. The van der Waals surface area contributed by atoms with Gasteiger partial charge in [-0.2, -0.15) is 132 Å². The third kappa shape index (κ3) is 16.2. The lowest BCUT2D eigenvalue weighted by Crippen LogP contribution is -2.75. The molecule has 0 atom stereocenters. The van der Waals surface area contributed by atoms with E-state index in [0.717, 1.165) is 17.7 Å². The molecule has 1 heterocycles. The molecule has 0 radical (unpaired) electrons. The minimum atomic E-state index is -6.13. The largest absolute Gasteiger partial charge is 0.416 e. The Bertz CT molecular complexity index is 2660. The Morgan fingerprint density at radius 2 is 0.700 bits per heavy atom. The van der Waals surface area contributed by atoms with Gasteiger partial charge in [0.15, 0.2) is 12.4 Å². The predicted octanol–water partition coefficient (Wildman–Crippen LogP) is 15.4. The lowest BCUT2D eigenvalue weighted by atomic mass is 9.12. The number of hydrogen-bond donors (Lipinski definition) is 0. The maximum absolute atomic E-state index is 14.2. The molecule has 0 saturated heterocycles. The minimum Gasteiger partial charge on any atom is -0.287 e. The number of hydrogen-bond acceptors (Lipinski definition) is 2. The van der Waals surface area contributed by atoms with Gasteiger partial charge in [0, 0.05) is 5.56 Å². The van der Waals surface area contributed by atoms with Crippen LogP contribution in [0.3, 0.4) is 0 Å². The lowest BCUT2D eigenvalue weighted by molar-refractivity contribution is -0.684. The van der Waals surface area contributed by atoms with E-state index in [1.165, 1.54) is 38.5 Å². The Hall–Kier alpha value is -6.77. The highest BCUT2D eigenvalue weighted by atomic mass is 19.4. The number of aryl methyl sites for hydroxylation is 1. The molecule has 6 rings (SSSR count). The Balaban J connectivity index is 0.000000424. The van der Waals surface area contributed by atoms with Gasteiger partial charge in [-0.3, -0.25) is 4.79 Å². The van der Waals surface area contributed by atoms with Crippen molar-refractivity contribution in [2.45, 2.75) is 108 Å². The zero-order valence-electron chi connectivity index (χ0n) is 40.7. The van der Waals surface area contributed by atoms with Crippen LogP contribution in [0.5, 0.6) is 0 Å². The van der Waals surface area contributed by atoms with Crippen LogP contribution in [0.1, 0.15) is 106 Å². The number of carbonyl (C=O) groups excluding carboxylic acids is 1. The molecule has 0 saturated carbocycles. The molecule has 1 aromatic heterocycles. The van der Waals surface area contributed by atoms with Crippen LogP contribution in [0.2, 0.25) is 0 Å². The molecule has 0 N–H and O–H groups in total. The van der Waals surface area contributed by atoms with Crippen molar-refractivity contribution in [2.24, 2.45) is 0 Å². The van der Waals surface area contributed by atoms with Gasteiger partial charge in [0.1, 0.15) is 11.8 Å². The first kappa shape index (κ1) is 64.1. The van der Waals surface area contributed by atoms with Crippen molar-refractivity contribution >= 4 is 33.8 Å². The van der Waals surface area contributed by atoms with Crippen molar-refractivity contribution in [3.8, 4) is 0 Å². The molecule has 80 heavy (non-hydrogen) atoms. The molecule has 0 unspecified atom stereocenters. The molecule has 0 bridgehead atoms. The summed E-state index contributed by atoms with van der Waals surface area (Å²) in [6.45, 7) is 2.61. The molecule has 434 valence electrons. The van der Waals surface area contributed by atoms with Crippen molar-refractivity contribution in [1.82, 2.24) is 4.98 Å². The summed E-state index contributed by atoms with van der Waals surface area (Å²) in [5.74, 6) is 0.132. The Morgan fingerprint density at radius 1 is 0.412 bits per heavy atom. The number of Topliss-reactive ketones (excluding diaryl/α,β-unsaturated/α-hetero) is 1. The summed E-state index contributed by atoms with van der Waals surface area (Å²) in [5, 5.41) is 0. The number of aromatic nitrogens is 2. The van der Waals surface area contributed by atoms with E-state index in [4.69, 9.17) is 0 Å². The van der Waals surface area contributed by atoms with Gasteiger partial charge in [-0.25, -0.2) is 4.98 Å². The average Bonchev–Trinajstić information content (AvgIpc) is 3.33. The van der Waals surface area contributed by atoms with Gasteiger partial charge in [-0.1, -0.05) is 118 Å². The summed E-state index contributed by atoms with van der Waals surface area (Å²) in [4.78, 5) is 16.7. The van der Waals surface area contributed by atoms with Gasteiger partial charge in [0.2, 0.25) is 12.3 Å². The van der Waals surface area contributed by atoms with E-state index in [1.54, 1.807) is 6.20 Å². The first-order valence-electron chi connectivity index (χ1n) is 23.3. The molecule has 0 amide bonds. The van der Waals surface area contributed by atoms with Gasteiger partial charge in [0.05, 0.1) is 50.7 Å². The van der Waals surface area contributed by atoms with Gasteiger partial charge in [-0.05, 0) is 37.1 Å². The molecule has 28 heteroatoms. The van der Waals surface area contributed by atoms with E-state index in [1.807, 2.05) is 47.3 Å². The second kappa shape index (κ2) is 23.7. The van der Waals surface area contributed by atoms with Crippen LogP contribution >= 0.6 is 0 Å². The number of unbranched alkanes of at least 4 members (excludes halogenated alkanes) is 5. The van der Waals surface area contributed by atoms with Crippen LogP contribution in [-0.4, -0.2) is 16.9 Å². The maximum atomic E-state index is 14.2. The number of halogens is 24. The van der Waals surface area contributed by atoms with Crippen LogP contribution in [0.15, 0.2) is 122 Å². The first-order valence-corrected chi connectivity index (χ1v) is 23.3. The monoisotopic (exact) mass is 1170 g/mol. The summed E-state index contributed by atoms with van der Waals surface area (Å²) < 4.78 is 343. The summed E-state index contributed by atoms with van der Waals surface area (Å²) in [6.07, 6.45) is -40.4. The van der Waals surface area contributed by atoms with Crippen LogP contribution < -0.4 is 26.4 Å². The normalized spacial score (nSPS) is 13.3. The summed E-state index contributed by atoms with van der Waals surface area (Å²) >= 11 is 0. The van der Waals surface area contributed by atoms with Crippen LogP contribution in [0.25, 0.3) is 0 Å².